The normalized spacial score (nSPS) is 13.9. The molecule has 1 fully saturated rings. The maximum Gasteiger partial charge on any atom is 0.308 e. The molecule has 0 atom stereocenters. The minimum absolute atomic E-state index is 0.0379. The van der Waals surface area contributed by atoms with E-state index < -0.39 is 5.97 Å². The average Bonchev–Trinajstić information content (AvgIpc) is 2.78. The lowest BCUT2D eigenvalue weighted by atomic mass is 10.0. The lowest BCUT2D eigenvalue weighted by Gasteiger charge is -2.32. The third kappa shape index (κ3) is 6.21. The van der Waals surface area contributed by atoms with Crippen molar-refractivity contribution in [2.24, 2.45) is 0 Å². The Morgan fingerprint density at radius 1 is 1.03 bits per heavy atom. The first-order chi connectivity index (χ1) is 15.0. The molecular formula is C23H26N2O6. The van der Waals surface area contributed by atoms with E-state index in [2.05, 4.69) is 5.32 Å². The van der Waals surface area contributed by atoms with Crippen LogP contribution in [0.2, 0.25) is 0 Å². The molecular weight excluding hydrogens is 400 g/mol. The van der Waals surface area contributed by atoms with Crippen LogP contribution in [-0.4, -0.2) is 55.5 Å². The highest BCUT2D eigenvalue weighted by Crippen LogP contribution is 2.25. The molecule has 0 aromatic heterocycles. The number of hydrogen-bond donors (Lipinski definition) is 1. The Bertz CT molecular complexity index is 937. The van der Waals surface area contributed by atoms with Crippen molar-refractivity contribution in [3.8, 4) is 17.2 Å². The van der Waals surface area contributed by atoms with Gasteiger partial charge in [-0.1, -0.05) is 18.2 Å². The van der Waals surface area contributed by atoms with Crippen LogP contribution in [0.4, 0.5) is 0 Å². The van der Waals surface area contributed by atoms with Crippen molar-refractivity contribution in [1.29, 1.82) is 0 Å². The molecule has 0 unspecified atom stereocenters. The second kappa shape index (κ2) is 10.5. The van der Waals surface area contributed by atoms with E-state index in [4.69, 9.17) is 14.2 Å². The molecule has 1 saturated heterocycles. The molecule has 1 N–H and O–H groups in total. The summed E-state index contributed by atoms with van der Waals surface area (Å²) in [6, 6.07) is 13.6. The van der Waals surface area contributed by atoms with Crippen molar-refractivity contribution in [3.63, 3.8) is 0 Å². The topological polar surface area (TPSA) is 94.2 Å². The fourth-order valence-corrected chi connectivity index (χ4v) is 3.38. The first-order valence-electron chi connectivity index (χ1n) is 10.1. The van der Waals surface area contributed by atoms with Gasteiger partial charge in [0.2, 0.25) is 0 Å². The van der Waals surface area contributed by atoms with Gasteiger partial charge >= 0.3 is 5.97 Å². The van der Waals surface area contributed by atoms with Gasteiger partial charge in [-0.15, -0.1) is 0 Å². The number of nitrogens with zero attached hydrogens (tertiary/aromatic N) is 1. The summed E-state index contributed by atoms with van der Waals surface area (Å²) < 4.78 is 15.9. The number of methoxy groups -OCH3 is 1. The fourth-order valence-electron chi connectivity index (χ4n) is 3.38. The summed E-state index contributed by atoms with van der Waals surface area (Å²) in [6.45, 7) is 2.31. The standard InChI is InChI=1S/C23H26N2O6/c1-16(26)31-19-7-5-6-17(14-19)23(28)24-18-10-12-25(13-11-18)22(27)15-30-21-9-4-3-8-20(21)29-2/h3-9,14,18H,10-13,15H2,1-2H3,(H,24,28). The number of likely N-dealkylation sites (tertiary alicyclic amines) is 1. The molecule has 164 valence electrons. The van der Waals surface area contributed by atoms with Gasteiger partial charge in [0.15, 0.2) is 18.1 Å². The van der Waals surface area contributed by atoms with Crippen molar-refractivity contribution in [2.45, 2.75) is 25.8 Å². The van der Waals surface area contributed by atoms with Crippen LogP contribution >= 0.6 is 0 Å². The molecule has 0 radical (unpaired) electrons. The van der Waals surface area contributed by atoms with Crippen molar-refractivity contribution in [2.75, 3.05) is 26.8 Å². The van der Waals surface area contributed by atoms with Crippen molar-refractivity contribution >= 4 is 17.8 Å². The summed E-state index contributed by atoms with van der Waals surface area (Å²) >= 11 is 0. The van der Waals surface area contributed by atoms with Crippen LogP contribution in [0.25, 0.3) is 0 Å². The molecule has 2 amide bonds. The van der Waals surface area contributed by atoms with Gasteiger partial charge in [-0.3, -0.25) is 14.4 Å². The minimum Gasteiger partial charge on any atom is -0.493 e. The van der Waals surface area contributed by atoms with Gasteiger partial charge in [0.05, 0.1) is 7.11 Å². The highest BCUT2D eigenvalue weighted by molar-refractivity contribution is 5.95. The van der Waals surface area contributed by atoms with Crippen LogP contribution in [0, 0.1) is 0 Å². The van der Waals surface area contributed by atoms with Crippen LogP contribution in [0.5, 0.6) is 17.2 Å². The Kier molecular flexibility index (Phi) is 7.48. The summed E-state index contributed by atoms with van der Waals surface area (Å²) in [5, 5.41) is 2.98. The summed E-state index contributed by atoms with van der Waals surface area (Å²) in [4.78, 5) is 37.8. The highest BCUT2D eigenvalue weighted by atomic mass is 16.5. The molecule has 0 aliphatic carbocycles. The van der Waals surface area contributed by atoms with Gasteiger partial charge in [-0.25, -0.2) is 0 Å². The quantitative estimate of drug-likeness (QED) is 0.540. The number of nitrogens with one attached hydrogen (secondary N) is 1. The van der Waals surface area contributed by atoms with E-state index in [0.717, 1.165) is 0 Å². The molecule has 3 rings (SSSR count). The van der Waals surface area contributed by atoms with Gasteiger partial charge in [0.25, 0.3) is 11.8 Å². The first kappa shape index (κ1) is 22.1. The zero-order valence-electron chi connectivity index (χ0n) is 17.6. The molecule has 8 heteroatoms. The average molecular weight is 426 g/mol. The van der Waals surface area contributed by atoms with Gasteiger partial charge in [-0.05, 0) is 43.2 Å². The second-order valence-electron chi connectivity index (χ2n) is 7.19. The number of amides is 2. The number of esters is 1. The Morgan fingerprint density at radius 3 is 2.42 bits per heavy atom. The maximum absolute atomic E-state index is 12.5. The van der Waals surface area contributed by atoms with Crippen LogP contribution < -0.4 is 19.5 Å². The number of carbonyl (C=O) groups is 3. The molecule has 31 heavy (non-hydrogen) atoms. The number of rotatable bonds is 7. The minimum atomic E-state index is -0.440. The van der Waals surface area contributed by atoms with Crippen LogP contribution in [-0.2, 0) is 9.59 Å². The molecule has 0 saturated carbocycles. The Morgan fingerprint density at radius 2 is 1.74 bits per heavy atom. The second-order valence-corrected chi connectivity index (χ2v) is 7.19. The molecule has 2 aromatic rings. The van der Waals surface area contributed by atoms with E-state index in [0.29, 0.717) is 48.7 Å². The molecule has 0 spiro atoms. The lowest BCUT2D eigenvalue weighted by Crippen LogP contribution is -2.47. The maximum atomic E-state index is 12.5. The third-order valence-corrected chi connectivity index (χ3v) is 4.96. The smallest absolute Gasteiger partial charge is 0.308 e. The zero-order chi connectivity index (χ0) is 22.2. The Balaban J connectivity index is 1.46. The predicted octanol–water partition coefficient (Wildman–Crippen LogP) is 2.42. The predicted molar refractivity (Wildman–Crippen MR) is 113 cm³/mol. The van der Waals surface area contributed by atoms with Crippen molar-refractivity contribution in [1.82, 2.24) is 10.2 Å². The zero-order valence-corrected chi connectivity index (χ0v) is 17.6. The van der Waals surface area contributed by atoms with Gasteiger partial charge in [0.1, 0.15) is 5.75 Å². The SMILES string of the molecule is COc1ccccc1OCC(=O)N1CCC(NC(=O)c2cccc(OC(C)=O)c2)CC1. The molecule has 1 heterocycles. The van der Waals surface area contributed by atoms with E-state index in [1.165, 1.54) is 13.0 Å². The van der Waals surface area contributed by atoms with E-state index in [1.54, 1.807) is 42.3 Å². The van der Waals surface area contributed by atoms with E-state index in [-0.39, 0.29) is 24.5 Å². The largest absolute Gasteiger partial charge is 0.493 e. The fraction of sp³-hybridized carbons (Fsp3) is 0.348. The van der Waals surface area contributed by atoms with Crippen LogP contribution in [0.15, 0.2) is 48.5 Å². The highest BCUT2D eigenvalue weighted by Gasteiger charge is 2.24. The van der Waals surface area contributed by atoms with E-state index in [1.807, 2.05) is 12.1 Å². The molecule has 2 aromatic carbocycles. The van der Waals surface area contributed by atoms with Crippen LogP contribution in [0.3, 0.4) is 0 Å². The summed E-state index contributed by atoms with van der Waals surface area (Å²) in [7, 11) is 1.55. The Labute approximate surface area is 181 Å². The summed E-state index contributed by atoms with van der Waals surface area (Å²) in [5.74, 6) is 0.647. The molecule has 1 aliphatic rings. The lowest BCUT2D eigenvalue weighted by molar-refractivity contribution is -0.134. The monoisotopic (exact) mass is 426 g/mol. The number of carbonyl (C=O) groups excluding carboxylic acids is 3. The first-order valence-corrected chi connectivity index (χ1v) is 10.1. The van der Waals surface area contributed by atoms with Crippen molar-refractivity contribution < 1.29 is 28.6 Å². The number of para-hydroxylation sites is 2. The van der Waals surface area contributed by atoms with Crippen molar-refractivity contribution in [3.05, 3.63) is 54.1 Å². The van der Waals surface area contributed by atoms with Crippen LogP contribution in [0.1, 0.15) is 30.1 Å². The third-order valence-electron chi connectivity index (χ3n) is 4.96. The molecule has 1 aliphatic heterocycles. The molecule has 8 nitrogen and oxygen atoms in total. The van der Waals surface area contributed by atoms with Gasteiger partial charge in [-0.2, -0.15) is 0 Å². The van der Waals surface area contributed by atoms with Gasteiger partial charge in [0, 0.05) is 31.6 Å². The summed E-state index contributed by atoms with van der Waals surface area (Å²) in [6.07, 6.45) is 1.30. The number of piperidine rings is 1. The number of hydrogen-bond acceptors (Lipinski definition) is 6. The summed E-state index contributed by atoms with van der Waals surface area (Å²) in [5.41, 5.74) is 0.419. The van der Waals surface area contributed by atoms with E-state index >= 15 is 0 Å². The Hall–Kier alpha value is -3.55. The number of benzene rings is 2. The molecule has 0 bridgehead atoms. The number of ether oxygens (including phenoxy) is 3. The van der Waals surface area contributed by atoms with Gasteiger partial charge < -0.3 is 24.4 Å². The van der Waals surface area contributed by atoms with E-state index in [9.17, 15) is 14.4 Å².